The Morgan fingerprint density at radius 1 is 1.21 bits per heavy atom. The standard InChI is InChI=1S/C22H33N5O2/c1-17(2)24-20(29)27-11-6-21(7-12-27)15-26(14-18-5-4-9-23-13-18)16-22(21)8-10-25(3)19(22)28/h4-5,9,13,17H,6-8,10-12,14-16H2,1-3H3,(H,24,29). The zero-order chi connectivity index (χ0) is 20.6. The first-order valence-corrected chi connectivity index (χ1v) is 10.8. The number of carbonyl (C=O) groups is 2. The van der Waals surface area contributed by atoms with Crippen LogP contribution < -0.4 is 5.32 Å². The molecule has 158 valence electrons. The van der Waals surface area contributed by atoms with Crippen molar-refractivity contribution in [2.45, 2.75) is 45.7 Å². The number of amides is 3. The van der Waals surface area contributed by atoms with Crippen LogP contribution in [0, 0.1) is 10.8 Å². The Kier molecular flexibility index (Phi) is 5.27. The van der Waals surface area contributed by atoms with Crippen LogP contribution in [-0.4, -0.2) is 77.4 Å². The minimum absolute atomic E-state index is 0.0176. The van der Waals surface area contributed by atoms with E-state index in [1.807, 2.05) is 43.0 Å². The van der Waals surface area contributed by atoms with Crippen LogP contribution in [0.25, 0.3) is 0 Å². The molecule has 7 heteroatoms. The van der Waals surface area contributed by atoms with Crippen molar-refractivity contribution in [3.05, 3.63) is 30.1 Å². The minimum atomic E-state index is -0.315. The third-order valence-electron chi connectivity index (χ3n) is 7.21. The van der Waals surface area contributed by atoms with Gasteiger partial charge in [0.1, 0.15) is 0 Å². The molecule has 4 rings (SSSR count). The molecule has 0 aliphatic carbocycles. The first-order chi connectivity index (χ1) is 13.9. The fourth-order valence-corrected chi connectivity index (χ4v) is 5.73. The molecule has 2 spiro atoms. The van der Waals surface area contributed by atoms with E-state index in [9.17, 15) is 9.59 Å². The molecule has 1 unspecified atom stereocenters. The summed E-state index contributed by atoms with van der Waals surface area (Å²) in [7, 11) is 1.93. The van der Waals surface area contributed by atoms with E-state index in [0.717, 1.165) is 58.5 Å². The molecular formula is C22H33N5O2. The SMILES string of the molecule is CC(C)NC(=O)N1CCC2(CC1)CN(Cc1cccnc1)CC21CCN(C)C1=O. The van der Waals surface area contributed by atoms with Crippen molar-refractivity contribution in [3.63, 3.8) is 0 Å². The van der Waals surface area contributed by atoms with Gasteiger partial charge in [-0.2, -0.15) is 0 Å². The quantitative estimate of drug-likeness (QED) is 0.844. The van der Waals surface area contributed by atoms with Gasteiger partial charge in [0.05, 0.1) is 5.41 Å². The van der Waals surface area contributed by atoms with Gasteiger partial charge in [-0.25, -0.2) is 4.79 Å². The number of hydrogen-bond acceptors (Lipinski definition) is 4. The summed E-state index contributed by atoms with van der Waals surface area (Å²) in [6.45, 7) is 8.79. The average molecular weight is 400 g/mol. The fraction of sp³-hybridized carbons (Fsp3) is 0.682. The topological polar surface area (TPSA) is 68.8 Å². The second-order valence-electron chi connectivity index (χ2n) is 9.44. The number of rotatable bonds is 3. The molecule has 3 saturated heterocycles. The zero-order valence-corrected chi connectivity index (χ0v) is 17.9. The van der Waals surface area contributed by atoms with Crippen LogP contribution in [-0.2, 0) is 11.3 Å². The molecule has 3 amide bonds. The van der Waals surface area contributed by atoms with Gasteiger partial charge < -0.3 is 15.1 Å². The maximum absolute atomic E-state index is 13.4. The van der Waals surface area contributed by atoms with E-state index in [4.69, 9.17) is 0 Å². The number of piperidine rings is 1. The lowest BCUT2D eigenvalue weighted by molar-refractivity contribution is -0.141. The molecule has 1 N–H and O–H groups in total. The van der Waals surface area contributed by atoms with E-state index in [1.54, 1.807) is 6.20 Å². The highest BCUT2D eigenvalue weighted by atomic mass is 16.2. The summed E-state index contributed by atoms with van der Waals surface area (Å²) in [5.41, 5.74) is 0.822. The normalized spacial score (nSPS) is 26.8. The lowest BCUT2D eigenvalue weighted by Crippen LogP contribution is -2.55. The Hall–Kier alpha value is -2.15. The number of carbonyl (C=O) groups excluding carboxylic acids is 2. The molecule has 1 aromatic heterocycles. The van der Waals surface area contributed by atoms with Gasteiger partial charge in [-0.15, -0.1) is 0 Å². The van der Waals surface area contributed by atoms with Gasteiger partial charge in [-0.05, 0) is 44.7 Å². The summed E-state index contributed by atoms with van der Waals surface area (Å²) in [4.78, 5) is 36.3. The van der Waals surface area contributed by atoms with Crippen molar-refractivity contribution < 1.29 is 9.59 Å². The van der Waals surface area contributed by atoms with Crippen molar-refractivity contribution in [2.24, 2.45) is 10.8 Å². The van der Waals surface area contributed by atoms with Gasteiger partial charge in [-0.1, -0.05) is 6.07 Å². The van der Waals surface area contributed by atoms with Crippen LogP contribution >= 0.6 is 0 Å². The number of fused-ring (bicyclic) bond motifs is 1. The fourth-order valence-electron chi connectivity index (χ4n) is 5.73. The molecule has 0 saturated carbocycles. The third kappa shape index (κ3) is 3.50. The number of nitrogens with zero attached hydrogens (tertiary/aromatic N) is 4. The number of urea groups is 1. The van der Waals surface area contributed by atoms with Crippen molar-refractivity contribution in [3.8, 4) is 0 Å². The third-order valence-corrected chi connectivity index (χ3v) is 7.21. The molecule has 3 fully saturated rings. The minimum Gasteiger partial charge on any atom is -0.345 e. The first kappa shape index (κ1) is 20.1. The number of hydrogen-bond donors (Lipinski definition) is 1. The van der Waals surface area contributed by atoms with Crippen molar-refractivity contribution in [1.82, 2.24) is 25.0 Å². The number of aromatic nitrogens is 1. The zero-order valence-electron chi connectivity index (χ0n) is 17.9. The van der Waals surface area contributed by atoms with Crippen LogP contribution in [0.3, 0.4) is 0 Å². The van der Waals surface area contributed by atoms with Crippen LogP contribution in [0.4, 0.5) is 4.79 Å². The van der Waals surface area contributed by atoms with E-state index in [-0.39, 0.29) is 22.9 Å². The van der Waals surface area contributed by atoms with Crippen LogP contribution in [0.2, 0.25) is 0 Å². The molecule has 0 radical (unpaired) electrons. The number of pyridine rings is 1. The summed E-state index contributed by atoms with van der Waals surface area (Å²) in [5.74, 6) is 0.297. The molecule has 0 aromatic carbocycles. The Balaban J connectivity index is 1.54. The molecule has 1 atom stereocenters. The van der Waals surface area contributed by atoms with Gasteiger partial charge in [0, 0.05) is 70.2 Å². The molecule has 3 aliphatic rings. The number of likely N-dealkylation sites (tertiary alicyclic amines) is 3. The Morgan fingerprint density at radius 2 is 1.97 bits per heavy atom. The molecule has 1 aromatic rings. The van der Waals surface area contributed by atoms with Crippen molar-refractivity contribution in [2.75, 3.05) is 39.8 Å². The van der Waals surface area contributed by atoms with Gasteiger partial charge in [0.15, 0.2) is 0 Å². The maximum atomic E-state index is 13.4. The molecule has 7 nitrogen and oxygen atoms in total. The second kappa shape index (κ2) is 7.59. The van der Waals surface area contributed by atoms with Gasteiger partial charge in [-0.3, -0.25) is 14.7 Å². The lowest BCUT2D eigenvalue weighted by Gasteiger charge is -2.47. The Morgan fingerprint density at radius 3 is 2.55 bits per heavy atom. The number of nitrogens with one attached hydrogen (secondary N) is 1. The van der Waals surface area contributed by atoms with Crippen LogP contribution in [0.5, 0.6) is 0 Å². The predicted octanol–water partition coefficient (Wildman–Crippen LogP) is 1.95. The van der Waals surface area contributed by atoms with Gasteiger partial charge in [0.25, 0.3) is 0 Å². The highest BCUT2D eigenvalue weighted by Gasteiger charge is 2.64. The predicted molar refractivity (Wildman–Crippen MR) is 111 cm³/mol. The Labute approximate surface area is 173 Å². The van der Waals surface area contributed by atoms with E-state index in [2.05, 4.69) is 21.3 Å². The Bertz CT molecular complexity index is 760. The summed E-state index contributed by atoms with van der Waals surface area (Å²) in [6, 6.07) is 4.23. The molecule has 0 bridgehead atoms. The van der Waals surface area contributed by atoms with E-state index < -0.39 is 0 Å². The van der Waals surface area contributed by atoms with Crippen molar-refractivity contribution in [1.29, 1.82) is 0 Å². The maximum Gasteiger partial charge on any atom is 0.317 e. The van der Waals surface area contributed by atoms with E-state index >= 15 is 0 Å². The summed E-state index contributed by atoms with van der Waals surface area (Å²) < 4.78 is 0. The smallest absolute Gasteiger partial charge is 0.317 e. The summed E-state index contributed by atoms with van der Waals surface area (Å²) >= 11 is 0. The molecule has 4 heterocycles. The van der Waals surface area contributed by atoms with Crippen molar-refractivity contribution >= 4 is 11.9 Å². The molecular weight excluding hydrogens is 366 g/mol. The second-order valence-corrected chi connectivity index (χ2v) is 9.44. The highest BCUT2D eigenvalue weighted by Crippen LogP contribution is 2.57. The molecule has 3 aliphatic heterocycles. The molecule has 29 heavy (non-hydrogen) atoms. The van der Waals surface area contributed by atoms with Gasteiger partial charge in [0.2, 0.25) is 5.91 Å². The van der Waals surface area contributed by atoms with Crippen LogP contribution in [0.1, 0.15) is 38.7 Å². The average Bonchev–Trinajstić information content (AvgIpc) is 3.15. The first-order valence-electron chi connectivity index (χ1n) is 10.8. The van der Waals surface area contributed by atoms with E-state index in [1.165, 1.54) is 5.56 Å². The summed E-state index contributed by atoms with van der Waals surface area (Å²) in [5, 5.41) is 3.00. The highest BCUT2D eigenvalue weighted by molar-refractivity contribution is 5.86. The summed E-state index contributed by atoms with van der Waals surface area (Å²) in [6.07, 6.45) is 6.41. The van der Waals surface area contributed by atoms with E-state index in [0.29, 0.717) is 5.91 Å². The largest absolute Gasteiger partial charge is 0.345 e. The van der Waals surface area contributed by atoms with Gasteiger partial charge >= 0.3 is 6.03 Å². The monoisotopic (exact) mass is 399 g/mol. The van der Waals surface area contributed by atoms with Crippen LogP contribution in [0.15, 0.2) is 24.5 Å². The lowest BCUT2D eigenvalue weighted by atomic mass is 9.60.